The van der Waals surface area contributed by atoms with Gasteiger partial charge in [-0.25, -0.2) is 0 Å². The molecule has 2 N–H and O–H groups in total. The van der Waals surface area contributed by atoms with E-state index in [4.69, 9.17) is 23.2 Å². The number of halogens is 3. The highest BCUT2D eigenvalue weighted by atomic mass is 79.9. The van der Waals surface area contributed by atoms with Crippen molar-refractivity contribution in [2.24, 2.45) is 4.99 Å². The molecule has 0 bridgehead atoms. The maximum atomic E-state index is 10.3. The van der Waals surface area contributed by atoms with Gasteiger partial charge in [-0.2, -0.15) is 0 Å². The van der Waals surface area contributed by atoms with Crippen LogP contribution in [0.2, 0.25) is 10.0 Å². The third kappa shape index (κ3) is 4.39. The van der Waals surface area contributed by atoms with Crippen LogP contribution >= 0.6 is 39.1 Å². The molecule has 0 aliphatic carbocycles. The summed E-state index contributed by atoms with van der Waals surface area (Å²) in [5, 5.41) is 21.3. The van der Waals surface area contributed by atoms with Crippen molar-refractivity contribution in [2.45, 2.75) is 6.42 Å². The number of phenolic OH excluding ortho intramolecular Hbond substituents is 2. The fraction of sp³-hybridized carbons (Fsp3) is 0.0500. The van der Waals surface area contributed by atoms with Gasteiger partial charge >= 0.3 is 0 Å². The first-order valence-corrected chi connectivity index (χ1v) is 9.26. The van der Waals surface area contributed by atoms with Crippen LogP contribution < -0.4 is 0 Å². The van der Waals surface area contributed by atoms with Crippen molar-refractivity contribution in [3.05, 3.63) is 85.8 Å². The van der Waals surface area contributed by atoms with Crippen LogP contribution in [-0.4, -0.2) is 16.4 Å². The van der Waals surface area contributed by atoms with Gasteiger partial charge in [0.15, 0.2) is 0 Å². The third-order valence-electron chi connectivity index (χ3n) is 3.79. The van der Waals surface area contributed by atoms with Crippen LogP contribution in [0.5, 0.6) is 11.5 Å². The molecule has 0 saturated heterocycles. The van der Waals surface area contributed by atoms with E-state index in [1.165, 1.54) is 12.3 Å². The summed E-state index contributed by atoms with van der Waals surface area (Å²) >= 11 is 15.5. The van der Waals surface area contributed by atoms with Crippen molar-refractivity contribution in [2.75, 3.05) is 0 Å². The Labute approximate surface area is 169 Å². The summed E-state index contributed by atoms with van der Waals surface area (Å²) in [6, 6.07) is 15.9. The van der Waals surface area contributed by atoms with E-state index in [-0.39, 0.29) is 11.5 Å². The first kappa shape index (κ1) is 18.8. The number of phenols is 2. The minimum Gasteiger partial charge on any atom is -0.506 e. The summed E-state index contributed by atoms with van der Waals surface area (Å²) < 4.78 is 0.554. The molecule has 0 atom stereocenters. The highest BCUT2D eigenvalue weighted by molar-refractivity contribution is 9.10. The van der Waals surface area contributed by atoms with Crippen molar-refractivity contribution in [3.8, 4) is 11.5 Å². The zero-order valence-corrected chi connectivity index (χ0v) is 16.6. The maximum absolute atomic E-state index is 10.3. The van der Waals surface area contributed by atoms with Gasteiger partial charge in [0.25, 0.3) is 0 Å². The lowest BCUT2D eigenvalue weighted by atomic mass is 10.0. The van der Waals surface area contributed by atoms with Crippen LogP contribution in [0.4, 0.5) is 5.69 Å². The van der Waals surface area contributed by atoms with Crippen molar-refractivity contribution in [1.29, 1.82) is 0 Å². The molecule has 3 nitrogen and oxygen atoms in total. The molecule has 0 aliphatic heterocycles. The van der Waals surface area contributed by atoms with Crippen LogP contribution in [0, 0.1) is 0 Å². The van der Waals surface area contributed by atoms with E-state index in [1.54, 1.807) is 12.1 Å². The minimum absolute atomic E-state index is 0.0106. The lowest BCUT2D eigenvalue weighted by molar-refractivity contribution is 0.470. The van der Waals surface area contributed by atoms with Gasteiger partial charge in [0.2, 0.25) is 0 Å². The number of rotatable bonds is 4. The molecular formula is C20H14BrCl2NO2. The summed E-state index contributed by atoms with van der Waals surface area (Å²) in [5.74, 6) is 0.0783. The van der Waals surface area contributed by atoms with Crippen LogP contribution in [0.1, 0.15) is 16.7 Å². The SMILES string of the molecule is Oc1ccc(Cl)cc1N=Cc1cc(Cc2ccccc2Cl)cc(Br)c1O. The molecule has 6 heteroatoms. The van der Waals surface area contributed by atoms with Gasteiger partial charge in [0.05, 0.1) is 4.47 Å². The molecule has 3 aromatic carbocycles. The van der Waals surface area contributed by atoms with E-state index >= 15 is 0 Å². The molecule has 0 unspecified atom stereocenters. The molecule has 0 aliphatic rings. The number of hydrogen-bond donors (Lipinski definition) is 2. The summed E-state index contributed by atoms with van der Waals surface area (Å²) in [4.78, 5) is 4.24. The molecule has 3 aromatic rings. The average Bonchev–Trinajstić information content (AvgIpc) is 2.61. The molecule has 132 valence electrons. The molecule has 0 heterocycles. The average molecular weight is 451 g/mol. The molecule has 0 saturated carbocycles. The Morgan fingerprint density at radius 1 is 1.00 bits per heavy atom. The van der Waals surface area contributed by atoms with E-state index in [9.17, 15) is 10.2 Å². The van der Waals surface area contributed by atoms with Crippen LogP contribution in [0.15, 0.2) is 64.1 Å². The van der Waals surface area contributed by atoms with Gasteiger partial charge < -0.3 is 10.2 Å². The number of benzene rings is 3. The topological polar surface area (TPSA) is 52.8 Å². The fourth-order valence-corrected chi connectivity index (χ4v) is 3.37. The summed E-state index contributed by atoms with van der Waals surface area (Å²) in [6.07, 6.45) is 2.10. The summed E-state index contributed by atoms with van der Waals surface area (Å²) in [6.45, 7) is 0. The summed E-state index contributed by atoms with van der Waals surface area (Å²) in [5.41, 5.74) is 2.78. The Hall–Kier alpha value is -2.01. The van der Waals surface area contributed by atoms with Gasteiger partial charge in [-0.1, -0.05) is 41.4 Å². The Balaban J connectivity index is 1.94. The van der Waals surface area contributed by atoms with E-state index in [2.05, 4.69) is 20.9 Å². The predicted molar refractivity (Wildman–Crippen MR) is 110 cm³/mol. The van der Waals surface area contributed by atoms with E-state index in [0.29, 0.717) is 32.2 Å². The number of aromatic hydroxyl groups is 2. The largest absolute Gasteiger partial charge is 0.506 e. The van der Waals surface area contributed by atoms with Crippen molar-refractivity contribution < 1.29 is 10.2 Å². The first-order chi connectivity index (χ1) is 12.4. The minimum atomic E-state index is 0.0106. The Bertz CT molecular complexity index is 990. The van der Waals surface area contributed by atoms with Gasteiger partial charge in [0.1, 0.15) is 17.2 Å². The van der Waals surface area contributed by atoms with Crippen LogP contribution in [-0.2, 0) is 6.42 Å². The van der Waals surface area contributed by atoms with Gasteiger partial charge in [0, 0.05) is 21.8 Å². The molecule has 26 heavy (non-hydrogen) atoms. The zero-order chi connectivity index (χ0) is 18.7. The third-order valence-corrected chi connectivity index (χ3v) is 4.99. The highest BCUT2D eigenvalue weighted by Crippen LogP contribution is 2.32. The Morgan fingerprint density at radius 2 is 1.77 bits per heavy atom. The van der Waals surface area contributed by atoms with E-state index < -0.39 is 0 Å². The monoisotopic (exact) mass is 449 g/mol. The van der Waals surface area contributed by atoms with Crippen LogP contribution in [0.25, 0.3) is 0 Å². The second kappa shape index (κ2) is 8.12. The molecule has 0 amide bonds. The van der Waals surface area contributed by atoms with Crippen molar-refractivity contribution in [1.82, 2.24) is 0 Å². The molecule has 3 rings (SSSR count). The molecule has 0 fully saturated rings. The standard InChI is InChI=1S/C20H14BrCl2NO2/c21-16-9-12(7-13-3-1-2-4-17(13)23)8-14(20(16)26)11-24-18-10-15(22)5-6-19(18)25/h1-6,8-11,25-26H,7H2. The fourth-order valence-electron chi connectivity index (χ4n) is 2.48. The summed E-state index contributed by atoms with van der Waals surface area (Å²) in [7, 11) is 0. The lowest BCUT2D eigenvalue weighted by Gasteiger charge is -2.09. The lowest BCUT2D eigenvalue weighted by Crippen LogP contribution is -1.93. The van der Waals surface area contributed by atoms with Gasteiger partial charge in [-0.05, 0) is 69.9 Å². The maximum Gasteiger partial charge on any atom is 0.141 e. The van der Waals surface area contributed by atoms with Crippen molar-refractivity contribution >= 4 is 51.0 Å². The molecular weight excluding hydrogens is 437 g/mol. The van der Waals surface area contributed by atoms with E-state index in [0.717, 1.165) is 11.1 Å². The van der Waals surface area contributed by atoms with Gasteiger partial charge in [-0.3, -0.25) is 4.99 Å². The Morgan fingerprint density at radius 3 is 2.54 bits per heavy atom. The predicted octanol–water partition coefficient (Wildman–Crippen LogP) is 6.51. The van der Waals surface area contributed by atoms with E-state index in [1.807, 2.05) is 36.4 Å². The zero-order valence-electron chi connectivity index (χ0n) is 13.5. The second-order valence-corrected chi connectivity index (χ2v) is 7.37. The molecule has 0 aromatic heterocycles. The Kier molecular flexibility index (Phi) is 5.87. The highest BCUT2D eigenvalue weighted by Gasteiger charge is 2.09. The molecule has 0 radical (unpaired) electrons. The normalized spacial score (nSPS) is 11.2. The van der Waals surface area contributed by atoms with Gasteiger partial charge in [-0.15, -0.1) is 0 Å². The number of nitrogens with zero attached hydrogens (tertiary/aromatic N) is 1. The quantitative estimate of drug-likeness (QED) is 0.445. The van der Waals surface area contributed by atoms with Crippen molar-refractivity contribution in [3.63, 3.8) is 0 Å². The number of hydrogen-bond acceptors (Lipinski definition) is 3. The molecule has 0 spiro atoms. The second-order valence-electron chi connectivity index (χ2n) is 5.67. The smallest absolute Gasteiger partial charge is 0.141 e. The number of aliphatic imine (C=N–C) groups is 1. The van der Waals surface area contributed by atoms with Crippen LogP contribution in [0.3, 0.4) is 0 Å². The first-order valence-electron chi connectivity index (χ1n) is 7.71.